The van der Waals surface area contributed by atoms with Crippen molar-refractivity contribution in [1.29, 1.82) is 0 Å². The summed E-state index contributed by atoms with van der Waals surface area (Å²) in [4.78, 5) is 19.5. The van der Waals surface area contributed by atoms with Crippen molar-refractivity contribution in [3.05, 3.63) is 59.0 Å². The Kier molecular flexibility index (Phi) is 6.42. The van der Waals surface area contributed by atoms with Crippen molar-refractivity contribution in [2.45, 2.75) is 13.8 Å². The summed E-state index contributed by atoms with van der Waals surface area (Å²) < 4.78 is 0.564. The first-order valence-corrected chi connectivity index (χ1v) is 10.6. The van der Waals surface area contributed by atoms with Crippen molar-refractivity contribution in [3.63, 3.8) is 0 Å². The molecule has 0 aliphatic carbocycles. The lowest BCUT2D eigenvalue weighted by Gasteiger charge is -2.20. The first-order chi connectivity index (χ1) is 13.4. The van der Waals surface area contributed by atoms with Crippen molar-refractivity contribution in [1.82, 2.24) is 0 Å². The number of hydrogen-bond acceptors (Lipinski definition) is 5. The molecule has 2 aromatic rings. The predicted octanol–water partition coefficient (Wildman–Crippen LogP) is 5.00. The lowest BCUT2D eigenvalue weighted by Crippen LogP contribution is -2.27. The van der Waals surface area contributed by atoms with Gasteiger partial charge in [-0.25, -0.2) is 0 Å². The molecule has 4 nitrogen and oxygen atoms in total. The molecule has 3 rings (SSSR count). The Balaban J connectivity index is 1.81. The van der Waals surface area contributed by atoms with E-state index in [1.807, 2.05) is 61.5 Å². The molecule has 1 amide bonds. The zero-order valence-corrected chi connectivity index (χ0v) is 18.3. The van der Waals surface area contributed by atoms with E-state index < -0.39 is 0 Å². The lowest BCUT2D eigenvalue weighted by atomic mass is 10.1. The van der Waals surface area contributed by atoms with Crippen LogP contribution in [-0.4, -0.2) is 37.4 Å². The van der Waals surface area contributed by atoms with Gasteiger partial charge in [0.05, 0.1) is 10.6 Å². The van der Waals surface area contributed by atoms with Crippen LogP contribution in [0.4, 0.5) is 17.1 Å². The highest BCUT2D eigenvalue weighted by Gasteiger charge is 2.33. The summed E-state index contributed by atoms with van der Waals surface area (Å²) in [5.74, 6) is -0.0691. The topological polar surface area (TPSA) is 26.8 Å². The minimum Gasteiger partial charge on any atom is -0.378 e. The van der Waals surface area contributed by atoms with Crippen LogP contribution in [0.3, 0.4) is 0 Å². The number of thioether (sulfide) groups is 1. The molecule has 1 heterocycles. The van der Waals surface area contributed by atoms with E-state index in [9.17, 15) is 4.79 Å². The van der Waals surface area contributed by atoms with Crippen LogP contribution in [0, 0.1) is 0 Å². The number of nitrogens with zero attached hydrogens (tertiary/aromatic N) is 3. The van der Waals surface area contributed by atoms with Crippen molar-refractivity contribution >= 4 is 57.3 Å². The van der Waals surface area contributed by atoms with Crippen molar-refractivity contribution in [2.75, 3.05) is 41.9 Å². The van der Waals surface area contributed by atoms with Gasteiger partial charge in [-0.3, -0.25) is 9.69 Å². The van der Waals surface area contributed by atoms with E-state index in [1.54, 1.807) is 4.90 Å². The van der Waals surface area contributed by atoms with E-state index in [4.69, 9.17) is 12.2 Å². The van der Waals surface area contributed by atoms with Crippen molar-refractivity contribution in [3.8, 4) is 0 Å². The van der Waals surface area contributed by atoms with Crippen LogP contribution in [-0.2, 0) is 4.79 Å². The molecule has 0 unspecified atom stereocenters. The number of thiocarbonyl (C=S) groups is 1. The maximum atomic E-state index is 12.9. The monoisotopic (exact) mass is 411 g/mol. The Morgan fingerprint density at radius 2 is 1.54 bits per heavy atom. The molecular weight excluding hydrogens is 386 g/mol. The third-order valence-electron chi connectivity index (χ3n) is 4.74. The number of anilines is 3. The zero-order chi connectivity index (χ0) is 20.3. The summed E-state index contributed by atoms with van der Waals surface area (Å²) >= 11 is 6.82. The van der Waals surface area contributed by atoms with Crippen molar-refractivity contribution in [2.24, 2.45) is 0 Å². The first kappa shape index (κ1) is 20.4. The maximum absolute atomic E-state index is 12.9. The molecule has 0 N–H and O–H groups in total. The second-order valence-corrected chi connectivity index (χ2v) is 8.37. The quantitative estimate of drug-likeness (QED) is 0.492. The molecule has 0 radical (unpaired) electrons. The largest absolute Gasteiger partial charge is 0.378 e. The molecule has 6 heteroatoms. The van der Waals surface area contributed by atoms with Gasteiger partial charge in [0.15, 0.2) is 4.32 Å². The van der Waals surface area contributed by atoms with E-state index in [1.165, 1.54) is 17.4 Å². The van der Waals surface area contributed by atoms with Gasteiger partial charge in [0.2, 0.25) is 0 Å². The Morgan fingerprint density at radius 1 is 0.964 bits per heavy atom. The average molecular weight is 412 g/mol. The summed E-state index contributed by atoms with van der Waals surface area (Å²) in [6.45, 7) is 6.24. The minimum atomic E-state index is -0.0691. The molecule has 1 saturated heterocycles. The number of carbonyl (C=O) groups excluding carboxylic acids is 1. The summed E-state index contributed by atoms with van der Waals surface area (Å²) in [6, 6.07) is 16.1. The second kappa shape index (κ2) is 8.80. The van der Waals surface area contributed by atoms with Crippen LogP contribution >= 0.6 is 24.0 Å². The SMILES string of the molecule is CCN(CC)c1ccc(C=C2SC(=S)N(c3ccc(N(C)C)cc3)C2=O)cc1. The first-order valence-electron chi connectivity index (χ1n) is 9.35. The van der Waals surface area contributed by atoms with Crippen LogP contribution in [0.1, 0.15) is 19.4 Å². The fourth-order valence-electron chi connectivity index (χ4n) is 3.11. The van der Waals surface area contributed by atoms with Gasteiger partial charge in [-0.2, -0.15) is 0 Å². The van der Waals surface area contributed by atoms with Crippen LogP contribution in [0.15, 0.2) is 53.4 Å². The number of hydrogen-bond donors (Lipinski definition) is 0. The number of carbonyl (C=O) groups is 1. The second-order valence-electron chi connectivity index (χ2n) is 6.69. The summed E-state index contributed by atoms with van der Waals surface area (Å²) in [7, 11) is 3.98. The van der Waals surface area contributed by atoms with Gasteiger partial charge < -0.3 is 9.80 Å². The zero-order valence-electron chi connectivity index (χ0n) is 16.7. The molecule has 1 fully saturated rings. The Bertz CT molecular complexity index is 885. The van der Waals surface area contributed by atoms with E-state index >= 15 is 0 Å². The molecule has 28 heavy (non-hydrogen) atoms. The maximum Gasteiger partial charge on any atom is 0.270 e. The minimum absolute atomic E-state index is 0.0691. The number of rotatable bonds is 6. The van der Waals surface area contributed by atoms with Gasteiger partial charge in [0, 0.05) is 38.6 Å². The van der Waals surface area contributed by atoms with Gasteiger partial charge in [-0.15, -0.1) is 0 Å². The fraction of sp³-hybridized carbons (Fsp3) is 0.273. The van der Waals surface area contributed by atoms with Gasteiger partial charge >= 0.3 is 0 Å². The smallest absolute Gasteiger partial charge is 0.270 e. The lowest BCUT2D eigenvalue weighted by molar-refractivity contribution is -0.113. The van der Waals surface area contributed by atoms with Gasteiger partial charge in [-0.1, -0.05) is 36.1 Å². The van der Waals surface area contributed by atoms with Crippen LogP contribution < -0.4 is 14.7 Å². The Morgan fingerprint density at radius 3 is 2.07 bits per heavy atom. The van der Waals surface area contributed by atoms with E-state index in [2.05, 4.69) is 30.9 Å². The predicted molar refractivity (Wildman–Crippen MR) is 126 cm³/mol. The molecule has 0 atom stereocenters. The molecule has 1 aliphatic heterocycles. The third-order valence-corrected chi connectivity index (χ3v) is 6.04. The molecule has 2 aromatic carbocycles. The van der Waals surface area contributed by atoms with E-state index in [0.29, 0.717) is 9.23 Å². The molecule has 0 saturated carbocycles. The van der Waals surface area contributed by atoms with Gasteiger partial charge in [0.25, 0.3) is 5.91 Å². The van der Waals surface area contributed by atoms with Crippen LogP contribution in [0.5, 0.6) is 0 Å². The van der Waals surface area contributed by atoms with E-state index in [-0.39, 0.29) is 5.91 Å². The number of benzene rings is 2. The molecule has 146 valence electrons. The van der Waals surface area contributed by atoms with E-state index in [0.717, 1.165) is 30.0 Å². The Labute approximate surface area is 176 Å². The normalized spacial score (nSPS) is 15.4. The average Bonchev–Trinajstić information content (AvgIpc) is 2.97. The molecule has 1 aliphatic rings. The standard InChI is InChI=1S/C22H25N3OS2/c1-5-24(6-2)18-9-7-16(8-10-18)15-20-21(26)25(22(27)28-20)19-13-11-17(12-14-19)23(3)4/h7-15H,5-6H2,1-4H3. The third kappa shape index (κ3) is 4.23. The fourth-order valence-corrected chi connectivity index (χ4v) is 4.41. The van der Waals surface area contributed by atoms with Gasteiger partial charge in [-0.05, 0) is 61.9 Å². The highest BCUT2D eigenvalue weighted by atomic mass is 32.2. The highest BCUT2D eigenvalue weighted by molar-refractivity contribution is 8.27. The summed E-state index contributed by atoms with van der Waals surface area (Å²) in [5, 5.41) is 0. The van der Waals surface area contributed by atoms with Gasteiger partial charge in [0.1, 0.15) is 0 Å². The molecule has 0 spiro atoms. The summed E-state index contributed by atoms with van der Waals surface area (Å²) in [6.07, 6.45) is 1.92. The summed E-state index contributed by atoms with van der Waals surface area (Å²) in [5.41, 5.74) is 4.07. The van der Waals surface area contributed by atoms with Crippen molar-refractivity contribution < 1.29 is 4.79 Å². The van der Waals surface area contributed by atoms with Crippen LogP contribution in [0.25, 0.3) is 6.08 Å². The Hall–Kier alpha value is -2.31. The number of amides is 1. The molecular formula is C22H25N3OS2. The molecule has 0 aromatic heterocycles. The van der Waals surface area contributed by atoms with Crippen LogP contribution in [0.2, 0.25) is 0 Å². The molecule has 0 bridgehead atoms. The highest BCUT2D eigenvalue weighted by Crippen LogP contribution is 2.36.